The number of methoxy groups -OCH3 is 1. The number of pyridine rings is 1. The fraction of sp³-hybridized carbons (Fsp3) is 0.467. The molecule has 2 heterocycles. The van der Waals surface area contributed by atoms with Gasteiger partial charge in [0, 0.05) is 31.4 Å². The van der Waals surface area contributed by atoms with E-state index in [1.165, 1.54) is 6.33 Å². The van der Waals surface area contributed by atoms with E-state index in [2.05, 4.69) is 30.7 Å². The summed E-state index contributed by atoms with van der Waals surface area (Å²) in [6.07, 6.45) is 3.34. The minimum Gasteiger partial charge on any atom is -0.496 e. The van der Waals surface area contributed by atoms with Gasteiger partial charge in [-0.15, -0.1) is 24.0 Å². The minimum atomic E-state index is 0. The van der Waals surface area contributed by atoms with E-state index < -0.39 is 0 Å². The summed E-state index contributed by atoms with van der Waals surface area (Å²) in [5.74, 6) is 2.38. The number of hydrogen-bond acceptors (Lipinski definition) is 5. The Morgan fingerprint density at radius 1 is 1.25 bits per heavy atom. The summed E-state index contributed by atoms with van der Waals surface area (Å²) in [6, 6.07) is 0. The van der Waals surface area contributed by atoms with E-state index in [9.17, 15) is 0 Å². The second kappa shape index (κ2) is 9.40. The van der Waals surface area contributed by atoms with Gasteiger partial charge in [-0.25, -0.2) is 4.98 Å². The molecule has 0 saturated heterocycles. The minimum absolute atomic E-state index is 0. The van der Waals surface area contributed by atoms with Crippen molar-refractivity contribution in [3.63, 3.8) is 0 Å². The maximum absolute atomic E-state index is 5.43. The normalized spacial score (nSPS) is 11.0. The van der Waals surface area contributed by atoms with Gasteiger partial charge in [-0.3, -0.25) is 14.7 Å². The van der Waals surface area contributed by atoms with Crippen LogP contribution < -0.4 is 15.4 Å². The van der Waals surface area contributed by atoms with E-state index in [1.807, 2.05) is 27.1 Å². The van der Waals surface area contributed by atoms with E-state index in [-0.39, 0.29) is 24.0 Å². The van der Waals surface area contributed by atoms with Crippen LogP contribution in [-0.4, -0.2) is 39.9 Å². The first-order valence-electron chi connectivity index (χ1n) is 7.33. The Bertz CT molecular complexity index is 699. The van der Waals surface area contributed by atoms with Gasteiger partial charge >= 0.3 is 0 Å². The van der Waals surface area contributed by atoms with Gasteiger partial charge in [-0.2, -0.15) is 5.10 Å². The van der Waals surface area contributed by atoms with E-state index in [0.29, 0.717) is 19.0 Å². The third kappa shape index (κ3) is 4.79. The van der Waals surface area contributed by atoms with Crippen LogP contribution in [0.25, 0.3) is 0 Å². The van der Waals surface area contributed by atoms with Crippen LogP contribution in [0.2, 0.25) is 0 Å². The van der Waals surface area contributed by atoms with Crippen molar-refractivity contribution in [2.45, 2.75) is 26.9 Å². The molecule has 0 amide bonds. The molecule has 0 unspecified atom stereocenters. The van der Waals surface area contributed by atoms with Crippen molar-refractivity contribution in [3.05, 3.63) is 35.2 Å². The SMILES string of the molecule is CN=C(NCc1ncc(C)c(OC)c1C)NCc1ncnn1C.I. The molecule has 0 saturated carbocycles. The monoisotopic (exact) mass is 445 g/mol. The molecule has 0 aliphatic rings. The zero-order chi connectivity index (χ0) is 16.8. The fourth-order valence-electron chi connectivity index (χ4n) is 2.28. The number of halogens is 1. The Morgan fingerprint density at radius 2 is 1.96 bits per heavy atom. The number of nitrogens with one attached hydrogen (secondary N) is 2. The second-order valence-electron chi connectivity index (χ2n) is 5.13. The van der Waals surface area contributed by atoms with Crippen molar-refractivity contribution in [2.24, 2.45) is 12.0 Å². The molecule has 0 fully saturated rings. The smallest absolute Gasteiger partial charge is 0.191 e. The Hall–Kier alpha value is -1.91. The van der Waals surface area contributed by atoms with Crippen molar-refractivity contribution in [3.8, 4) is 5.75 Å². The summed E-state index contributed by atoms with van der Waals surface area (Å²) in [6.45, 7) is 5.09. The van der Waals surface area contributed by atoms with Crippen LogP contribution in [0, 0.1) is 13.8 Å². The molecule has 0 radical (unpaired) electrons. The van der Waals surface area contributed by atoms with Crippen LogP contribution in [0.1, 0.15) is 22.6 Å². The van der Waals surface area contributed by atoms with Crippen LogP contribution in [0.15, 0.2) is 17.5 Å². The van der Waals surface area contributed by atoms with E-state index in [4.69, 9.17) is 4.74 Å². The molecule has 2 aromatic rings. The molecule has 0 aromatic carbocycles. The highest BCUT2D eigenvalue weighted by Gasteiger charge is 2.10. The summed E-state index contributed by atoms with van der Waals surface area (Å²) in [5.41, 5.74) is 2.98. The lowest BCUT2D eigenvalue weighted by atomic mass is 10.1. The van der Waals surface area contributed by atoms with Crippen LogP contribution >= 0.6 is 24.0 Å². The number of guanidine groups is 1. The molecule has 0 atom stereocenters. The topological polar surface area (TPSA) is 89.2 Å². The predicted octanol–water partition coefficient (Wildman–Crippen LogP) is 1.32. The summed E-state index contributed by atoms with van der Waals surface area (Å²) in [5, 5.41) is 10.5. The highest BCUT2D eigenvalue weighted by molar-refractivity contribution is 14.0. The molecule has 8 nitrogen and oxygen atoms in total. The van der Waals surface area contributed by atoms with E-state index in [1.54, 1.807) is 18.8 Å². The summed E-state index contributed by atoms with van der Waals surface area (Å²) in [7, 11) is 5.25. The fourth-order valence-corrected chi connectivity index (χ4v) is 2.28. The highest BCUT2D eigenvalue weighted by atomic mass is 127. The lowest BCUT2D eigenvalue weighted by Crippen LogP contribution is -2.37. The van der Waals surface area contributed by atoms with Gasteiger partial charge in [0.25, 0.3) is 0 Å². The zero-order valence-corrected chi connectivity index (χ0v) is 17.0. The number of aromatic nitrogens is 4. The van der Waals surface area contributed by atoms with Crippen molar-refractivity contribution in [2.75, 3.05) is 14.2 Å². The standard InChI is InChI=1S/C15H23N7O.HI/c1-10-6-17-12(11(2)14(10)23-5)7-18-15(16-3)19-8-13-20-9-21-22(13)4;/h6,9H,7-8H2,1-5H3,(H2,16,18,19);1H. The maximum atomic E-state index is 5.43. The number of ether oxygens (including phenoxy) is 1. The number of hydrogen-bond donors (Lipinski definition) is 2. The van der Waals surface area contributed by atoms with Gasteiger partial charge in [0.1, 0.15) is 17.9 Å². The quantitative estimate of drug-likeness (QED) is 0.410. The molecule has 2 N–H and O–H groups in total. The first kappa shape index (κ1) is 20.1. The largest absolute Gasteiger partial charge is 0.496 e. The van der Waals surface area contributed by atoms with Crippen LogP contribution in [0.4, 0.5) is 0 Å². The molecule has 2 aromatic heterocycles. The van der Waals surface area contributed by atoms with Crippen molar-refractivity contribution >= 4 is 29.9 Å². The van der Waals surface area contributed by atoms with E-state index in [0.717, 1.165) is 28.4 Å². The Labute approximate surface area is 159 Å². The Morgan fingerprint density at radius 3 is 2.54 bits per heavy atom. The molecule has 0 aliphatic heterocycles. The van der Waals surface area contributed by atoms with Gasteiger partial charge in [0.2, 0.25) is 0 Å². The summed E-state index contributed by atoms with van der Waals surface area (Å²) < 4.78 is 7.15. The average Bonchev–Trinajstić information content (AvgIpc) is 2.95. The molecule has 2 rings (SSSR count). The number of nitrogens with zero attached hydrogens (tertiary/aromatic N) is 5. The summed E-state index contributed by atoms with van der Waals surface area (Å²) >= 11 is 0. The number of aliphatic imine (C=N–C) groups is 1. The first-order valence-corrected chi connectivity index (χ1v) is 7.33. The van der Waals surface area contributed by atoms with E-state index >= 15 is 0 Å². The lowest BCUT2D eigenvalue weighted by Gasteiger charge is -2.15. The number of aryl methyl sites for hydroxylation is 2. The third-order valence-electron chi connectivity index (χ3n) is 3.62. The van der Waals surface area contributed by atoms with Gasteiger partial charge in [-0.1, -0.05) is 0 Å². The second-order valence-corrected chi connectivity index (χ2v) is 5.13. The van der Waals surface area contributed by atoms with Gasteiger partial charge in [0.15, 0.2) is 5.96 Å². The average molecular weight is 445 g/mol. The van der Waals surface area contributed by atoms with Crippen LogP contribution in [0.5, 0.6) is 5.75 Å². The molecule has 0 spiro atoms. The predicted molar refractivity (Wildman–Crippen MR) is 104 cm³/mol. The van der Waals surface area contributed by atoms with Crippen LogP contribution in [0.3, 0.4) is 0 Å². The maximum Gasteiger partial charge on any atom is 0.191 e. The van der Waals surface area contributed by atoms with Gasteiger partial charge in [0.05, 0.1) is 25.9 Å². The Balaban J connectivity index is 0.00000288. The number of rotatable bonds is 5. The van der Waals surface area contributed by atoms with Crippen LogP contribution in [-0.2, 0) is 20.1 Å². The van der Waals surface area contributed by atoms with Crippen molar-refractivity contribution in [1.29, 1.82) is 0 Å². The zero-order valence-electron chi connectivity index (χ0n) is 14.6. The molecular formula is C15H24IN7O. The molecule has 24 heavy (non-hydrogen) atoms. The molecule has 9 heteroatoms. The highest BCUT2D eigenvalue weighted by Crippen LogP contribution is 2.23. The lowest BCUT2D eigenvalue weighted by molar-refractivity contribution is 0.406. The Kier molecular flexibility index (Phi) is 7.89. The summed E-state index contributed by atoms with van der Waals surface area (Å²) in [4.78, 5) is 12.8. The molecule has 132 valence electrons. The first-order chi connectivity index (χ1) is 11.1. The van der Waals surface area contributed by atoms with Gasteiger partial charge < -0.3 is 15.4 Å². The third-order valence-corrected chi connectivity index (χ3v) is 3.62. The molecule has 0 bridgehead atoms. The van der Waals surface area contributed by atoms with Crippen molar-refractivity contribution in [1.82, 2.24) is 30.4 Å². The molecular weight excluding hydrogens is 421 g/mol. The van der Waals surface area contributed by atoms with Crippen molar-refractivity contribution < 1.29 is 4.74 Å². The van der Waals surface area contributed by atoms with Gasteiger partial charge in [-0.05, 0) is 13.8 Å². The molecule has 0 aliphatic carbocycles.